The fraction of sp³-hybridized carbons (Fsp3) is 0.250. The van der Waals surface area contributed by atoms with Gasteiger partial charge in [0.2, 0.25) is 11.8 Å². The average molecular weight is 270 g/mol. The Labute approximate surface area is 118 Å². The number of hydrogen-bond donors (Lipinski definition) is 2. The van der Waals surface area contributed by atoms with E-state index in [4.69, 9.17) is 0 Å². The standard InChI is InChI=1S/C16H18N2O2/c1-2-3-4-8-15(19)17-13-6-5-7-14(11-13)18-16(20)12-9-10-12/h2-8,11-12H,9-10H2,1H3,(H,17,19)(H,18,20)/b3-2+,8-4+. The van der Waals surface area contributed by atoms with Crippen molar-refractivity contribution < 1.29 is 9.59 Å². The van der Waals surface area contributed by atoms with Crippen molar-refractivity contribution >= 4 is 23.2 Å². The third-order valence-electron chi connectivity index (χ3n) is 2.90. The maximum atomic E-state index is 11.7. The smallest absolute Gasteiger partial charge is 0.248 e. The predicted octanol–water partition coefficient (Wildman–Crippen LogP) is 3.11. The zero-order valence-electron chi connectivity index (χ0n) is 11.4. The number of nitrogens with one attached hydrogen (secondary N) is 2. The van der Waals surface area contributed by atoms with Gasteiger partial charge in [0.1, 0.15) is 0 Å². The molecule has 0 aliphatic heterocycles. The van der Waals surface area contributed by atoms with Crippen LogP contribution >= 0.6 is 0 Å². The topological polar surface area (TPSA) is 58.2 Å². The molecule has 0 aromatic heterocycles. The number of anilines is 2. The molecule has 0 unspecified atom stereocenters. The first-order valence-corrected chi connectivity index (χ1v) is 6.70. The molecule has 0 saturated heterocycles. The average Bonchev–Trinajstić information content (AvgIpc) is 3.23. The Balaban J connectivity index is 1.94. The van der Waals surface area contributed by atoms with Crippen molar-refractivity contribution in [1.82, 2.24) is 0 Å². The monoisotopic (exact) mass is 270 g/mol. The summed E-state index contributed by atoms with van der Waals surface area (Å²) in [7, 11) is 0. The van der Waals surface area contributed by atoms with Crippen LogP contribution in [0, 0.1) is 5.92 Å². The van der Waals surface area contributed by atoms with Crippen LogP contribution in [0.2, 0.25) is 0 Å². The zero-order chi connectivity index (χ0) is 14.4. The van der Waals surface area contributed by atoms with Crippen molar-refractivity contribution in [2.45, 2.75) is 19.8 Å². The molecule has 0 atom stereocenters. The molecule has 2 rings (SSSR count). The van der Waals surface area contributed by atoms with E-state index in [1.165, 1.54) is 6.08 Å². The highest BCUT2D eigenvalue weighted by atomic mass is 16.2. The van der Waals surface area contributed by atoms with E-state index >= 15 is 0 Å². The molecule has 1 aromatic rings. The SMILES string of the molecule is C/C=C/C=C/C(=O)Nc1cccc(NC(=O)C2CC2)c1. The number of benzene rings is 1. The second-order valence-corrected chi connectivity index (χ2v) is 4.72. The predicted molar refractivity (Wildman–Crippen MR) is 80.4 cm³/mol. The largest absolute Gasteiger partial charge is 0.326 e. The minimum atomic E-state index is -0.200. The molecule has 0 radical (unpaired) electrons. The summed E-state index contributed by atoms with van der Waals surface area (Å²) >= 11 is 0. The molecule has 1 fully saturated rings. The number of hydrogen-bond acceptors (Lipinski definition) is 2. The lowest BCUT2D eigenvalue weighted by molar-refractivity contribution is -0.117. The maximum Gasteiger partial charge on any atom is 0.248 e. The first-order chi connectivity index (χ1) is 9.69. The highest BCUT2D eigenvalue weighted by Crippen LogP contribution is 2.30. The Morgan fingerprint density at radius 2 is 1.85 bits per heavy atom. The molecule has 0 bridgehead atoms. The van der Waals surface area contributed by atoms with Crippen LogP contribution in [0.1, 0.15) is 19.8 Å². The Kier molecular flexibility index (Phi) is 4.71. The van der Waals surface area contributed by atoms with E-state index in [2.05, 4.69) is 10.6 Å². The Morgan fingerprint density at radius 1 is 1.15 bits per heavy atom. The molecule has 20 heavy (non-hydrogen) atoms. The fourth-order valence-corrected chi connectivity index (χ4v) is 1.70. The van der Waals surface area contributed by atoms with Gasteiger partial charge < -0.3 is 10.6 Å². The van der Waals surface area contributed by atoms with Gasteiger partial charge in [0.05, 0.1) is 0 Å². The summed E-state index contributed by atoms with van der Waals surface area (Å²) in [5.74, 6) is 0.0206. The molecular weight excluding hydrogens is 252 g/mol. The van der Waals surface area contributed by atoms with E-state index < -0.39 is 0 Å². The van der Waals surface area contributed by atoms with Crippen LogP contribution in [0.3, 0.4) is 0 Å². The summed E-state index contributed by atoms with van der Waals surface area (Å²) in [6.45, 7) is 1.88. The van der Waals surface area contributed by atoms with E-state index in [1.54, 1.807) is 30.4 Å². The zero-order valence-corrected chi connectivity index (χ0v) is 11.4. The number of carbonyl (C=O) groups is 2. The molecular formula is C16H18N2O2. The van der Waals surface area contributed by atoms with Crippen LogP contribution in [0.4, 0.5) is 11.4 Å². The van der Waals surface area contributed by atoms with Gasteiger partial charge in [-0.1, -0.05) is 24.3 Å². The van der Waals surface area contributed by atoms with Crippen molar-refractivity contribution in [2.24, 2.45) is 5.92 Å². The van der Waals surface area contributed by atoms with Gasteiger partial charge in [-0.2, -0.15) is 0 Å². The van der Waals surface area contributed by atoms with Gasteiger partial charge in [0.15, 0.2) is 0 Å². The summed E-state index contributed by atoms with van der Waals surface area (Å²) in [6, 6.07) is 7.15. The van der Waals surface area contributed by atoms with Crippen LogP contribution in [-0.4, -0.2) is 11.8 Å². The van der Waals surface area contributed by atoms with Crippen LogP contribution in [0.5, 0.6) is 0 Å². The van der Waals surface area contributed by atoms with Crippen LogP contribution < -0.4 is 10.6 Å². The lowest BCUT2D eigenvalue weighted by atomic mass is 10.2. The van der Waals surface area contributed by atoms with Crippen molar-refractivity contribution in [1.29, 1.82) is 0 Å². The summed E-state index contributed by atoms with van der Waals surface area (Å²) in [5, 5.41) is 5.60. The Morgan fingerprint density at radius 3 is 2.50 bits per heavy atom. The lowest BCUT2D eigenvalue weighted by Crippen LogP contribution is -2.14. The highest BCUT2D eigenvalue weighted by molar-refractivity contribution is 6.00. The quantitative estimate of drug-likeness (QED) is 0.638. The van der Waals surface area contributed by atoms with E-state index in [9.17, 15) is 9.59 Å². The van der Waals surface area contributed by atoms with Crippen LogP contribution in [-0.2, 0) is 9.59 Å². The third-order valence-corrected chi connectivity index (χ3v) is 2.90. The third kappa shape index (κ3) is 4.39. The minimum Gasteiger partial charge on any atom is -0.326 e. The minimum absolute atomic E-state index is 0.0569. The molecule has 104 valence electrons. The van der Waals surface area contributed by atoms with Gasteiger partial charge in [0.25, 0.3) is 0 Å². The Bertz CT molecular complexity index is 557. The number of allylic oxidation sites excluding steroid dienone is 3. The number of rotatable bonds is 5. The van der Waals surface area contributed by atoms with E-state index in [1.807, 2.05) is 19.1 Å². The molecule has 4 nitrogen and oxygen atoms in total. The van der Waals surface area contributed by atoms with Gasteiger partial charge in [0, 0.05) is 23.4 Å². The summed E-state index contributed by atoms with van der Waals surface area (Å²) in [4.78, 5) is 23.3. The number of carbonyl (C=O) groups excluding carboxylic acids is 2. The summed E-state index contributed by atoms with van der Waals surface area (Å²) in [6.07, 6.45) is 8.70. The normalized spacial score (nSPS) is 14.7. The van der Waals surface area contributed by atoms with Gasteiger partial charge in [-0.15, -0.1) is 0 Å². The maximum absolute atomic E-state index is 11.7. The van der Waals surface area contributed by atoms with Crippen LogP contribution in [0.15, 0.2) is 48.6 Å². The van der Waals surface area contributed by atoms with Gasteiger partial charge in [-0.3, -0.25) is 9.59 Å². The molecule has 1 aliphatic rings. The molecule has 2 N–H and O–H groups in total. The van der Waals surface area contributed by atoms with Crippen molar-refractivity contribution in [2.75, 3.05) is 10.6 Å². The fourth-order valence-electron chi connectivity index (χ4n) is 1.70. The van der Waals surface area contributed by atoms with E-state index in [0.717, 1.165) is 12.8 Å². The van der Waals surface area contributed by atoms with Crippen molar-refractivity contribution in [3.63, 3.8) is 0 Å². The van der Waals surface area contributed by atoms with Crippen molar-refractivity contribution in [3.05, 3.63) is 48.6 Å². The molecule has 1 aromatic carbocycles. The molecule has 0 heterocycles. The first kappa shape index (κ1) is 14.1. The molecule has 1 aliphatic carbocycles. The summed E-state index contributed by atoms with van der Waals surface area (Å²) < 4.78 is 0. The Hall–Kier alpha value is -2.36. The van der Waals surface area contributed by atoms with Crippen LogP contribution in [0.25, 0.3) is 0 Å². The van der Waals surface area contributed by atoms with E-state index in [-0.39, 0.29) is 17.7 Å². The van der Waals surface area contributed by atoms with Gasteiger partial charge >= 0.3 is 0 Å². The van der Waals surface area contributed by atoms with E-state index in [0.29, 0.717) is 11.4 Å². The molecule has 1 saturated carbocycles. The van der Waals surface area contributed by atoms with Crippen molar-refractivity contribution in [3.8, 4) is 0 Å². The van der Waals surface area contributed by atoms with Gasteiger partial charge in [-0.05, 0) is 38.0 Å². The second kappa shape index (κ2) is 6.70. The lowest BCUT2D eigenvalue weighted by Gasteiger charge is -2.07. The highest BCUT2D eigenvalue weighted by Gasteiger charge is 2.29. The second-order valence-electron chi connectivity index (χ2n) is 4.72. The molecule has 4 heteroatoms. The number of amides is 2. The first-order valence-electron chi connectivity index (χ1n) is 6.70. The molecule has 0 spiro atoms. The molecule has 2 amide bonds. The summed E-state index contributed by atoms with van der Waals surface area (Å²) in [5.41, 5.74) is 1.37. The van der Waals surface area contributed by atoms with Gasteiger partial charge in [-0.25, -0.2) is 0 Å².